The molecule has 0 bridgehead atoms. The molecule has 2 rings (SSSR count). The number of amides is 2. The molecule has 7 heteroatoms. The first-order valence-corrected chi connectivity index (χ1v) is 8.59. The number of hydrogen-bond acceptors (Lipinski definition) is 5. The lowest BCUT2D eigenvalue weighted by Crippen LogP contribution is -2.44. The van der Waals surface area contributed by atoms with Crippen LogP contribution in [0.1, 0.15) is 6.92 Å². The molecule has 0 aliphatic carbocycles. The Morgan fingerprint density at radius 1 is 1.12 bits per heavy atom. The number of morpholine rings is 1. The van der Waals surface area contributed by atoms with Crippen LogP contribution in [0.4, 0.5) is 11.4 Å². The van der Waals surface area contributed by atoms with E-state index in [1.807, 2.05) is 43.3 Å². The molecule has 0 aromatic heterocycles. The third-order valence-corrected chi connectivity index (χ3v) is 4.21. The second kappa shape index (κ2) is 9.39. The van der Waals surface area contributed by atoms with Gasteiger partial charge >= 0.3 is 0 Å². The van der Waals surface area contributed by atoms with Crippen molar-refractivity contribution in [3.05, 3.63) is 24.3 Å². The third-order valence-electron chi connectivity index (χ3n) is 4.21. The number of carbonyl (C=O) groups is 2. The molecule has 1 saturated heterocycles. The zero-order valence-corrected chi connectivity index (χ0v) is 15.3. The molecule has 138 valence electrons. The fourth-order valence-electron chi connectivity index (χ4n) is 2.69. The van der Waals surface area contributed by atoms with E-state index in [1.165, 1.54) is 11.8 Å². The van der Waals surface area contributed by atoms with Crippen molar-refractivity contribution < 1.29 is 14.3 Å². The Morgan fingerprint density at radius 3 is 2.28 bits per heavy atom. The van der Waals surface area contributed by atoms with Crippen LogP contribution < -0.4 is 15.1 Å². The van der Waals surface area contributed by atoms with Gasteiger partial charge in [-0.3, -0.25) is 14.5 Å². The molecule has 2 amide bonds. The highest BCUT2D eigenvalue weighted by molar-refractivity contribution is 5.97. The molecule has 25 heavy (non-hydrogen) atoms. The van der Waals surface area contributed by atoms with Crippen molar-refractivity contribution in [2.24, 2.45) is 0 Å². The Labute approximate surface area is 149 Å². The van der Waals surface area contributed by atoms with Crippen LogP contribution >= 0.6 is 0 Å². The van der Waals surface area contributed by atoms with Gasteiger partial charge in [0.05, 0.1) is 13.2 Å². The summed E-state index contributed by atoms with van der Waals surface area (Å²) in [4.78, 5) is 29.9. The number of anilines is 2. The number of hydrogen-bond donors (Lipinski definition) is 1. The summed E-state index contributed by atoms with van der Waals surface area (Å²) in [5, 5.41) is 2.89. The van der Waals surface area contributed by atoms with Crippen LogP contribution in [0.25, 0.3) is 0 Å². The van der Waals surface area contributed by atoms with E-state index in [-0.39, 0.29) is 18.4 Å². The van der Waals surface area contributed by atoms with E-state index in [0.717, 1.165) is 44.2 Å². The Hall–Kier alpha value is -2.12. The monoisotopic (exact) mass is 348 g/mol. The van der Waals surface area contributed by atoms with Crippen molar-refractivity contribution >= 4 is 23.2 Å². The highest BCUT2D eigenvalue weighted by atomic mass is 16.5. The summed E-state index contributed by atoms with van der Waals surface area (Å²) in [5.74, 6) is -0.305. The molecule has 1 N–H and O–H groups in total. The predicted octanol–water partition coefficient (Wildman–Crippen LogP) is 0.554. The van der Waals surface area contributed by atoms with Crippen LogP contribution in [0.3, 0.4) is 0 Å². The lowest BCUT2D eigenvalue weighted by Gasteiger charge is -2.27. The number of benzene rings is 1. The van der Waals surface area contributed by atoms with Crippen LogP contribution in [0, 0.1) is 0 Å². The summed E-state index contributed by atoms with van der Waals surface area (Å²) in [6, 6.07) is 7.58. The Bertz CT molecular complexity index is 568. The third kappa shape index (κ3) is 6.03. The first-order chi connectivity index (χ1) is 12.0. The summed E-state index contributed by atoms with van der Waals surface area (Å²) in [6.07, 6.45) is 0. The number of carbonyl (C=O) groups excluding carboxylic acids is 2. The molecule has 0 atom stereocenters. The van der Waals surface area contributed by atoms with Gasteiger partial charge in [-0.05, 0) is 24.3 Å². The van der Waals surface area contributed by atoms with E-state index in [4.69, 9.17) is 4.74 Å². The normalized spacial score (nSPS) is 14.8. The Kier molecular flexibility index (Phi) is 7.21. The molecule has 1 aromatic carbocycles. The number of nitrogens with zero attached hydrogens (tertiary/aromatic N) is 3. The van der Waals surface area contributed by atoms with Gasteiger partial charge in [0.15, 0.2) is 0 Å². The van der Waals surface area contributed by atoms with E-state index in [9.17, 15) is 9.59 Å². The zero-order chi connectivity index (χ0) is 18.2. The van der Waals surface area contributed by atoms with Crippen molar-refractivity contribution in [1.29, 1.82) is 0 Å². The smallest absolute Gasteiger partial charge is 0.240 e. The number of rotatable bonds is 7. The van der Waals surface area contributed by atoms with Gasteiger partial charge in [0.2, 0.25) is 11.8 Å². The Balaban J connectivity index is 1.85. The molecule has 0 spiro atoms. The molecule has 7 nitrogen and oxygen atoms in total. The summed E-state index contributed by atoms with van der Waals surface area (Å²) in [6.45, 7) is 6.16. The highest BCUT2D eigenvalue weighted by Gasteiger charge is 2.16. The maximum Gasteiger partial charge on any atom is 0.240 e. The van der Waals surface area contributed by atoms with Crippen molar-refractivity contribution in [2.75, 3.05) is 69.8 Å². The second-order valence-electron chi connectivity index (χ2n) is 6.32. The SMILES string of the molecule is CC(=O)N(CC(=O)NCCN1CCOCC1)c1ccc(N(C)C)cc1. The van der Waals surface area contributed by atoms with Crippen LogP contribution in [0.5, 0.6) is 0 Å². The summed E-state index contributed by atoms with van der Waals surface area (Å²) < 4.78 is 5.30. The average Bonchev–Trinajstić information content (AvgIpc) is 2.60. The largest absolute Gasteiger partial charge is 0.379 e. The van der Waals surface area contributed by atoms with Crippen LogP contribution in [0.15, 0.2) is 24.3 Å². The van der Waals surface area contributed by atoms with Crippen LogP contribution in [-0.4, -0.2) is 76.7 Å². The molecule has 1 aliphatic rings. The van der Waals surface area contributed by atoms with Gasteiger partial charge in [-0.15, -0.1) is 0 Å². The zero-order valence-electron chi connectivity index (χ0n) is 15.3. The average molecular weight is 348 g/mol. The van der Waals surface area contributed by atoms with Gasteiger partial charge in [-0.25, -0.2) is 0 Å². The van der Waals surface area contributed by atoms with E-state index in [0.29, 0.717) is 6.54 Å². The first-order valence-electron chi connectivity index (χ1n) is 8.59. The quantitative estimate of drug-likeness (QED) is 0.780. The molecular weight excluding hydrogens is 320 g/mol. The molecule has 1 fully saturated rings. The second-order valence-corrected chi connectivity index (χ2v) is 6.32. The fourth-order valence-corrected chi connectivity index (χ4v) is 2.69. The van der Waals surface area contributed by atoms with Gasteiger partial charge in [0, 0.05) is 58.6 Å². The maximum absolute atomic E-state index is 12.2. The molecule has 0 saturated carbocycles. The molecule has 1 aromatic rings. The minimum atomic E-state index is -0.153. The van der Waals surface area contributed by atoms with Crippen LogP contribution in [-0.2, 0) is 14.3 Å². The molecule has 1 aliphatic heterocycles. The van der Waals surface area contributed by atoms with Crippen molar-refractivity contribution in [3.63, 3.8) is 0 Å². The van der Waals surface area contributed by atoms with Gasteiger partial charge in [0.25, 0.3) is 0 Å². The lowest BCUT2D eigenvalue weighted by atomic mass is 10.2. The van der Waals surface area contributed by atoms with E-state index < -0.39 is 0 Å². The van der Waals surface area contributed by atoms with Gasteiger partial charge in [0.1, 0.15) is 6.54 Å². The van der Waals surface area contributed by atoms with E-state index >= 15 is 0 Å². The van der Waals surface area contributed by atoms with Gasteiger partial charge in [-0.2, -0.15) is 0 Å². The maximum atomic E-state index is 12.2. The highest BCUT2D eigenvalue weighted by Crippen LogP contribution is 2.19. The van der Waals surface area contributed by atoms with E-state index in [2.05, 4.69) is 10.2 Å². The van der Waals surface area contributed by atoms with Crippen molar-refractivity contribution in [1.82, 2.24) is 10.2 Å². The number of nitrogens with one attached hydrogen (secondary N) is 1. The van der Waals surface area contributed by atoms with Gasteiger partial charge in [-0.1, -0.05) is 0 Å². The fraction of sp³-hybridized carbons (Fsp3) is 0.556. The Morgan fingerprint density at radius 2 is 1.72 bits per heavy atom. The van der Waals surface area contributed by atoms with Gasteiger partial charge < -0.3 is 19.9 Å². The molecule has 1 heterocycles. The predicted molar refractivity (Wildman–Crippen MR) is 99.1 cm³/mol. The lowest BCUT2D eigenvalue weighted by molar-refractivity contribution is -0.123. The topological polar surface area (TPSA) is 65.1 Å². The van der Waals surface area contributed by atoms with Crippen molar-refractivity contribution in [3.8, 4) is 0 Å². The first kappa shape index (κ1) is 19.2. The van der Waals surface area contributed by atoms with Crippen molar-refractivity contribution in [2.45, 2.75) is 6.92 Å². The molecular formula is C18H28N4O3. The van der Waals surface area contributed by atoms with Crippen LogP contribution in [0.2, 0.25) is 0 Å². The summed E-state index contributed by atoms with van der Waals surface area (Å²) >= 11 is 0. The minimum Gasteiger partial charge on any atom is -0.379 e. The summed E-state index contributed by atoms with van der Waals surface area (Å²) in [5.41, 5.74) is 1.77. The molecule has 0 unspecified atom stereocenters. The standard InChI is InChI=1S/C18H28N4O3/c1-15(23)22(17-6-4-16(5-7-17)20(2)3)14-18(24)19-8-9-21-10-12-25-13-11-21/h4-7H,8-14H2,1-3H3,(H,19,24). The summed E-state index contributed by atoms with van der Waals surface area (Å²) in [7, 11) is 3.92. The molecule has 0 radical (unpaired) electrons. The number of ether oxygens (including phenoxy) is 1. The minimum absolute atomic E-state index is 0.0275. The van der Waals surface area contributed by atoms with E-state index in [1.54, 1.807) is 0 Å².